The maximum absolute atomic E-state index is 11.7. The molecule has 0 aliphatic carbocycles. The number of para-hydroxylation sites is 1. The van der Waals surface area contributed by atoms with Gasteiger partial charge in [-0.05, 0) is 31.2 Å². The van der Waals surface area contributed by atoms with Crippen LogP contribution in [-0.4, -0.2) is 48.9 Å². The van der Waals surface area contributed by atoms with Crippen molar-refractivity contribution in [2.75, 3.05) is 27.2 Å². The van der Waals surface area contributed by atoms with Crippen LogP contribution in [0.25, 0.3) is 21.0 Å². The summed E-state index contributed by atoms with van der Waals surface area (Å²) in [6, 6.07) is 11.9. The number of fused-ring (bicyclic) bond motifs is 1. The summed E-state index contributed by atoms with van der Waals surface area (Å²) in [6.07, 6.45) is 0. The Bertz CT molecular complexity index is 918. The topological polar surface area (TPSA) is 82.8 Å². The van der Waals surface area contributed by atoms with Crippen LogP contribution in [0.2, 0.25) is 0 Å². The minimum absolute atomic E-state index is 0. The summed E-state index contributed by atoms with van der Waals surface area (Å²) in [5.74, 6) is 2.04. The fourth-order valence-corrected chi connectivity index (χ4v) is 3.29. The number of rotatable bonds is 6. The van der Waals surface area contributed by atoms with E-state index in [1.165, 1.54) is 4.90 Å². The van der Waals surface area contributed by atoms with E-state index in [1.807, 2.05) is 37.3 Å². The van der Waals surface area contributed by atoms with Gasteiger partial charge in [0, 0.05) is 20.6 Å². The van der Waals surface area contributed by atoms with Crippen molar-refractivity contribution < 1.29 is 9.21 Å². The zero-order chi connectivity index (χ0) is 19.2. The number of aliphatic imine (C=N–C) groups is 1. The van der Waals surface area contributed by atoms with E-state index in [0.717, 1.165) is 26.7 Å². The second-order valence-electron chi connectivity index (χ2n) is 6.09. The quantitative estimate of drug-likeness (QED) is 0.300. The average molecular weight is 513 g/mol. The fraction of sp³-hybridized carbons (Fsp3) is 0.316. The Morgan fingerprint density at radius 2 is 2.00 bits per heavy atom. The number of nitrogens with one attached hydrogen (secondary N) is 2. The number of furan rings is 1. The number of amides is 1. The van der Waals surface area contributed by atoms with Crippen LogP contribution in [0.4, 0.5) is 0 Å². The molecule has 0 unspecified atom stereocenters. The van der Waals surface area contributed by atoms with E-state index >= 15 is 0 Å². The van der Waals surface area contributed by atoms with Gasteiger partial charge in [-0.2, -0.15) is 0 Å². The summed E-state index contributed by atoms with van der Waals surface area (Å²) < 4.78 is 7.05. The molecule has 0 aliphatic rings. The van der Waals surface area contributed by atoms with Gasteiger partial charge in [-0.15, -0.1) is 35.3 Å². The Morgan fingerprint density at radius 1 is 1.21 bits per heavy atom. The van der Waals surface area contributed by atoms with E-state index in [9.17, 15) is 4.79 Å². The molecule has 2 N–H and O–H groups in total. The summed E-state index contributed by atoms with van der Waals surface area (Å²) in [5.41, 5.74) is 0.973. The molecule has 28 heavy (non-hydrogen) atoms. The van der Waals surface area contributed by atoms with Crippen LogP contribution in [-0.2, 0) is 11.3 Å². The van der Waals surface area contributed by atoms with Gasteiger partial charge in [0.2, 0.25) is 5.91 Å². The summed E-state index contributed by atoms with van der Waals surface area (Å²) in [4.78, 5) is 22.1. The highest BCUT2D eigenvalue weighted by atomic mass is 127. The molecule has 0 atom stereocenters. The number of hydrogen-bond acceptors (Lipinski definition) is 5. The maximum atomic E-state index is 11.7. The molecular weight excluding hydrogens is 489 g/mol. The molecule has 9 heteroatoms. The van der Waals surface area contributed by atoms with Crippen molar-refractivity contribution in [2.24, 2.45) is 4.99 Å². The number of guanidine groups is 1. The number of hydrogen-bond donors (Lipinski definition) is 2. The van der Waals surface area contributed by atoms with Crippen LogP contribution in [0.1, 0.15) is 12.7 Å². The minimum Gasteiger partial charge on any atom is -0.457 e. The van der Waals surface area contributed by atoms with Crippen LogP contribution in [0.3, 0.4) is 0 Å². The predicted molar refractivity (Wildman–Crippen MR) is 124 cm³/mol. The van der Waals surface area contributed by atoms with Crippen LogP contribution in [0.5, 0.6) is 0 Å². The monoisotopic (exact) mass is 513 g/mol. The highest BCUT2D eigenvalue weighted by Gasteiger charge is 2.11. The molecule has 0 bridgehead atoms. The van der Waals surface area contributed by atoms with E-state index in [4.69, 9.17) is 4.42 Å². The molecule has 0 saturated heterocycles. The molecule has 0 saturated carbocycles. The highest BCUT2D eigenvalue weighted by molar-refractivity contribution is 14.0. The first-order valence-corrected chi connectivity index (χ1v) is 9.55. The Balaban J connectivity index is 0.00000280. The first kappa shape index (κ1) is 22.2. The van der Waals surface area contributed by atoms with Crippen molar-refractivity contribution in [3.05, 3.63) is 42.2 Å². The third kappa shape index (κ3) is 5.68. The lowest BCUT2D eigenvalue weighted by Gasteiger charge is -2.11. The number of thiazole rings is 1. The number of carbonyl (C=O) groups excluding carboxylic acids is 1. The molecule has 0 spiro atoms. The number of nitrogens with zero attached hydrogens (tertiary/aromatic N) is 3. The molecule has 1 aromatic carbocycles. The Kier molecular flexibility index (Phi) is 8.24. The number of benzene rings is 1. The lowest BCUT2D eigenvalue weighted by atomic mass is 10.3. The molecule has 7 nitrogen and oxygen atoms in total. The molecule has 150 valence electrons. The summed E-state index contributed by atoms with van der Waals surface area (Å²) in [6.45, 7) is 3.24. The van der Waals surface area contributed by atoms with Crippen molar-refractivity contribution in [1.82, 2.24) is 20.5 Å². The van der Waals surface area contributed by atoms with Crippen LogP contribution in [0.15, 0.2) is 45.8 Å². The highest BCUT2D eigenvalue weighted by Crippen LogP contribution is 2.30. The molecular formula is C19H24IN5O2S. The van der Waals surface area contributed by atoms with Crippen molar-refractivity contribution in [3.8, 4) is 10.8 Å². The van der Waals surface area contributed by atoms with Crippen LogP contribution < -0.4 is 10.6 Å². The lowest BCUT2D eigenvalue weighted by molar-refractivity contribution is -0.127. The second-order valence-corrected chi connectivity index (χ2v) is 7.12. The molecule has 0 aliphatic heterocycles. The Labute approximate surface area is 185 Å². The van der Waals surface area contributed by atoms with Crippen LogP contribution >= 0.6 is 35.3 Å². The van der Waals surface area contributed by atoms with E-state index in [2.05, 4.69) is 26.7 Å². The van der Waals surface area contributed by atoms with Gasteiger partial charge >= 0.3 is 0 Å². The number of halogens is 1. The summed E-state index contributed by atoms with van der Waals surface area (Å²) >= 11 is 1.61. The van der Waals surface area contributed by atoms with Gasteiger partial charge in [0.1, 0.15) is 12.3 Å². The predicted octanol–water partition coefficient (Wildman–Crippen LogP) is 3.32. The number of aromatic nitrogens is 1. The smallest absolute Gasteiger partial charge is 0.243 e. The van der Waals surface area contributed by atoms with Crippen LogP contribution in [0, 0.1) is 0 Å². The zero-order valence-corrected chi connectivity index (χ0v) is 19.2. The van der Waals surface area contributed by atoms with Gasteiger partial charge in [-0.1, -0.05) is 12.1 Å². The minimum atomic E-state index is -0.0525. The zero-order valence-electron chi connectivity index (χ0n) is 16.1. The number of carbonyl (C=O) groups is 1. The first-order chi connectivity index (χ1) is 13.1. The molecule has 2 heterocycles. The second kappa shape index (κ2) is 10.4. The molecule has 3 aromatic rings. The normalized spacial score (nSPS) is 11.2. The Morgan fingerprint density at radius 3 is 2.71 bits per heavy atom. The largest absolute Gasteiger partial charge is 0.457 e. The van der Waals surface area contributed by atoms with Gasteiger partial charge in [0.15, 0.2) is 16.7 Å². The molecule has 0 radical (unpaired) electrons. The van der Waals surface area contributed by atoms with Gasteiger partial charge in [0.25, 0.3) is 0 Å². The molecule has 1 amide bonds. The Hall–Kier alpha value is -2.14. The number of likely N-dealkylation sites (N-methyl/N-ethyl adjacent to an activating group) is 1. The third-order valence-corrected chi connectivity index (χ3v) is 4.86. The van der Waals surface area contributed by atoms with Gasteiger partial charge in [0.05, 0.1) is 16.8 Å². The summed E-state index contributed by atoms with van der Waals surface area (Å²) in [7, 11) is 3.43. The fourth-order valence-electron chi connectivity index (χ4n) is 2.37. The van der Waals surface area contributed by atoms with E-state index in [1.54, 1.807) is 25.4 Å². The van der Waals surface area contributed by atoms with E-state index in [-0.39, 0.29) is 36.4 Å². The maximum Gasteiger partial charge on any atom is 0.243 e. The van der Waals surface area contributed by atoms with Crippen molar-refractivity contribution in [3.63, 3.8) is 0 Å². The van der Waals surface area contributed by atoms with Crippen molar-refractivity contribution in [2.45, 2.75) is 13.5 Å². The standard InChI is InChI=1S/C19H23N5O2S.HI/c1-4-20-19(22-12-17(25)24(2)3)21-11-13-9-10-15(26-13)18-23-14-7-5-6-8-16(14)27-18;/h5-10H,4,11-12H2,1-3H3,(H2,20,21,22);1H. The molecule has 2 aromatic heterocycles. The van der Waals surface area contributed by atoms with Crippen molar-refractivity contribution in [1.29, 1.82) is 0 Å². The average Bonchev–Trinajstić information content (AvgIpc) is 3.29. The first-order valence-electron chi connectivity index (χ1n) is 8.74. The van der Waals surface area contributed by atoms with E-state index in [0.29, 0.717) is 19.0 Å². The summed E-state index contributed by atoms with van der Waals surface area (Å²) in [5, 5.41) is 7.16. The molecule has 3 rings (SSSR count). The van der Waals surface area contributed by atoms with Gasteiger partial charge < -0.3 is 20.0 Å². The third-order valence-electron chi connectivity index (χ3n) is 3.81. The lowest BCUT2D eigenvalue weighted by Crippen LogP contribution is -2.38. The SMILES string of the molecule is CCNC(=NCC(=O)N(C)C)NCc1ccc(-c2nc3ccccc3s2)o1.I. The van der Waals surface area contributed by atoms with Gasteiger partial charge in [-0.3, -0.25) is 4.79 Å². The van der Waals surface area contributed by atoms with E-state index < -0.39 is 0 Å². The van der Waals surface area contributed by atoms with Gasteiger partial charge in [-0.25, -0.2) is 9.98 Å². The van der Waals surface area contributed by atoms with Crippen molar-refractivity contribution >= 4 is 57.4 Å². The molecule has 0 fully saturated rings.